The summed E-state index contributed by atoms with van der Waals surface area (Å²) in [5.41, 5.74) is 5.50. The SMILES string of the molecule is Nc1ccc(SCC2CCCO2)cn1. The van der Waals surface area contributed by atoms with Gasteiger partial charge in [-0.3, -0.25) is 0 Å². The van der Waals surface area contributed by atoms with Gasteiger partial charge in [0.2, 0.25) is 0 Å². The minimum atomic E-state index is 0.428. The Labute approximate surface area is 88.0 Å². The van der Waals surface area contributed by atoms with Crippen molar-refractivity contribution in [1.29, 1.82) is 0 Å². The average molecular weight is 210 g/mol. The van der Waals surface area contributed by atoms with Gasteiger partial charge in [0.1, 0.15) is 5.82 Å². The van der Waals surface area contributed by atoms with Crippen molar-refractivity contribution in [3.8, 4) is 0 Å². The first-order valence-corrected chi connectivity index (χ1v) is 5.79. The van der Waals surface area contributed by atoms with Crippen LogP contribution in [0.15, 0.2) is 23.2 Å². The van der Waals surface area contributed by atoms with Gasteiger partial charge in [-0.1, -0.05) is 0 Å². The molecule has 4 heteroatoms. The second-order valence-corrected chi connectivity index (χ2v) is 4.46. The molecule has 2 heterocycles. The Morgan fingerprint density at radius 1 is 1.57 bits per heavy atom. The summed E-state index contributed by atoms with van der Waals surface area (Å²) in [4.78, 5) is 5.20. The summed E-state index contributed by atoms with van der Waals surface area (Å²) in [6.07, 6.45) is 4.63. The van der Waals surface area contributed by atoms with Gasteiger partial charge in [0, 0.05) is 23.5 Å². The summed E-state index contributed by atoms with van der Waals surface area (Å²) in [5.74, 6) is 1.59. The Balaban J connectivity index is 1.82. The van der Waals surface area contributed by atoms with Gasteiger partial charge in [-0.2, -0.15) is 0 Å². The molecule has 3 nitrogen and oxygen atoms in total. The quantitative estimate of drug-likeness (QED) is 0.774. The summed E-state index contributed by atoms with van der Waals surface area (Å²) in [5, 5.41) is 0. The number of hydrogen-bond acceptors (Lipinski definition) is 4. The molecule has 76 valence electrons. The molecule has 1 fully saturated rings. The van der Waals surface area contributed by atoms with Crippen molar-refractivity contribution in [1.82, 2.24) is 4.98 Å². The molecule has 0 radical (unpaired) electrons. The first-order chi connectivity index (χ1) is 6.84. The van der Waals surface area contributed by atoms with E-state index in [4.69, 9.17) is 10.5 Å². The number of nitrogen functional groups attached to an aromatic ring is 1. The van der Waals surface area contributed by atoms with Crippen LogP contribution in [0.5, 0.6) is 0 Å². The fraction of sp³-hybridized carbons (Fsp3) is 0.500. The van der Waals surface area contributed by atoms with E-state index < -0.39 is 0 Å². The molecule has 0 spiro atoms. The Morgan fingerprint density at radius 3 is 3.14 bits per heavy atom. The second-order valence-electron chi connectivity index (χ2n) is 3.36. The van der Waals surface area contributed by atoms with E-state index in [2.05, 4.69) is 4.98 Å². The van der Waals surface area contributed by atoms with Crippen LogP contribution in [-0.2, 0) is 4.74 Å². The lowest BCUT2D eigenvalue weighted by Gasteiger charge is -2.07. The van der Waals surface area contributed by atoms with Crippen molar-refractivity contribution in [2.45, 2.75) is 23.8 Å². The first kappa shape index (κ1) is 9.80. The average Bonchev–Trinajstić information content (AvgIpc) is 2.70. The predicted octanol–water partition coefficient (Wildman–Crippen LogP) is 1.93. The number of anilines is 1. The number of aromatic nitrogens is 1. The van der Waals surface area contributed by atoms with E-state index in [1.54, 1.807) is 11.8 Å². The maximum absolute atomic E-state index is 5.53. The molecule has 0 bridgehead atoms. The van der Waals surface area contributed by atoms with Crippen molar-refractivity contribution in [2.24, 2.45) is 0 Å². The van der Waals surface area contributed by atoms with Gasteiger partial charge in [0.25, 0.3) is 0 Å². The molecule has 0 aromatic carbocycles. The topological polar surface area (TPSA) is 48.1 Å². The smallest absolute Gasteiger partial charge is 0.123 e. The molecule has 2 N–H and O–H groups in total. The summed E-state index contributed by atoms with van der Waals surface area (Å²) in [6.45, 7) is 0.922. The molecular formula is C10H14N2OS. The number of nitrogens with zero attached hydrogens (tertiary/aromatic N) is 1. The highest BCUT2D eigenvalue weighted by Gasteiger charge is 2.15. The van der Waals surface area contributed by atoms with Gasteiger partial charge in [0.05, 0.1) is 6.10 Å². The Bertz CT molecular complexity index is 283. The largest absolute Gasteiger partial charge is 0.384 e. The van der Waals surface area contributed by atoms with Crippen LogP contribution in [0.3, 0.4) is 0 Å². The maximum atomic E-state index is 5.53. The van der Waals surface area contributed by atoms with Gasteiger partial charge in [-0.05, 0) is 25.0 Å². The zero-order valence-corrected chi connectivity index (χ0v) is 8.80. The van der Waals surface area contributed by atoms with Crippen LogP contribution >= 0.6 is 11.8 Å². The first-order valence-electron chi connectivity index (χ1n) is 4.80. The lowest BCUT2D eigenvalue weighted by Crippen LogP contribution is -2.07. The third-order valence-electron chi connectivity index (χ3n) is 2.22. The predicted molar refractivity (Wildman–Crippen MR) is 58.3 cm³/mol. The van der Waals surface area contributed by atoms with Gasteiger partial charge in [0.15, 0.2) is 0 Å². The van der Waals surface area contributed by atoms with E-state index in [9.17, 15) is 0 Å². The molecule has 1 unspecified atom stereocenters. The van der Waals surface area contributed by atoms with E-state index in [0.29, 0.717) is 11.9 Å². The van der Waals surface area contributed by atoms with Gasteiger partial charge in [-0.25, -0.2) is 4.98 Å². The van der Waals surface area contributed by atoms with Crippen molar-refractivity contribution < 1.29 is 4.74 Å². The number of thioether (sulfide) groups is 1. The minimum Gasteiger partial charge on any atom is -0.384 e. The number of hydrogen-bond donors (Lipinski definition) is 1. The van der Waals surface area contributed by atoms with Gasteiger partial charge < -0.3 is 10.5 Å². The number of ether oxygens (including phenoxy) is 1. The number of pyridine rings is 1. The lowest BCUT2D eigenvalue weighted by molar-refractivity contribution is 0.129. The van der Waals surface area contributed by atoms with Gasteiger partial charge >= 0.3 is 0 Å². The highest BCUT2D eigenvalue weighted by molar-refractivity contribution is 7.99. The fourth-order valence-electron chi connectivity index (χ4n) is 1.44. The second kappa shape index (κ2) is 4.66. The minimum absolute atomic E-state index is 0.428. The normalized spacial score (nSPS) is 21.3. The molecule has 2 rings (SSSR count). The van der Waals surface area contributed by atoms with E-state index in [0.717, 1.165) is 17.3 Å². The van der Waals surface area contributed by atoms with Gasteiger partial charge in [-0.15, -0.1) is 11.8 Å². The molecule has 1 aromatic heterocycles. The van der Waals surface area contributed by atoms with Crippen LogP contribution in [0.4, 0.5) is 5.82 Å². The van der Waals surface area contributed by atoms with Crippen LogP contribution in [0.25, 0.3) is 0 Å². The van der Waals surface area contributed by atoms with Crippen LogP contribution < -0.4 is 5.73 Å². The van der Waals surface area contributed by atoms with E-state index >= 15 is 0 Å². The zero-order chi connectivity index (χ0) is 9.80. The molecule has 1 aromatic rings. The van der Waals surface area contributed by atoms with Crippen LogP contribution in [0.1, 0.15) is 12.8 Å². The number of rotatable bonds is 3. The molecule has 1 atom stereocenters. The fourth-order valence-corrected chi connectivity index (χ4v) is 2.37. The van der Waals surface area contributed by atoms with E-state index in [1.807, 2.05) is 18.3 Å². The summed E-state index contributed by atoms with van der Waals surface area (Å²) in [6, 6.07) is 3.83. The summed E-state index contributed by atoms with van der Waals surface area (Å²) < 4.78 is 5.53. The molecule has 0 aliphatic carbocycles. The van der Waals surface area contributed by atoms with Crippen molar-refractivity contribution in [3.05, 3.63) is 18.3 Å². The number of nitrogens with two attached hydrogens (primary N) is 1. The standard InChI is InChI=1S/C10H14N2OS/c11-10-4-3-9(6-12-10)14-7-8-2-1-5-13-8/h3-4,6,8H,1-2,5,7H2,(H2,11,12). The molecule has 1 aliphatic heterocycles. The van der Waals surface area contributed by atoms with Crippen molar-refractivity contribution in [3.63, 3.8) is 0 Å². The molecule has 0 amide bonds. The summed E-state index contributed by atoms with van der Waals surface area (Å²) in [7, 11) is 0. The molecule has 1 saturated heterocycles. The van der Waals surface area contributed by atoms with Crippen molar-refractivity contribution in [2.75, 3.05) is 18.1 Å². The summed E-state index contributed by atoms with van der Waals surface area (Å²) >= 11 is 1.78. The third-order valence-corrected chi connectivity index (χ3v) is 3.33. The Morgan fingerprint density at radius 2 is 2.50 bits per heavy atom. The molecule has 14 heavy (non-hydrogen) atoms. The zero-order valence-electron chi connectivity index (χ0n) is 7.98. The molecule has 1 aliphatic rings. The van der Waals surface area contributed by atoms with E-state index in [1.165, 1.54) is 12.8 Å². The lowest BCUT2D eigenvalue weighted by atomic mass is 10.3. The Kier molecular flexibility index (Phi) is 3.26. The monoisotopic (exact) mass is 210 g/mol. The van der Waals surface area contributed by atoms with Crippen LogP contribution in [0.2, 0.25) is 0 Å². The Hall–Kier alpha value is -0.740. The van der Waals surface area contributed by atoms with Crippen LogP contribution in [0, 0.1) is 0 Å². The van der Waals surface area contributed by atoms with Crippen LogP contribution in [-0.4, -0.2) is 23.4 Å². The molecule has 0 saturated carbocycles. The molecular weight excluding hydrogens is 196 g/mol. The highest BCUT2D eigenvalue weighted by atomic mass is 32.2. The van der Waals surface area contributed by atoms with E-state index in [-0.39, 0.29) is 0 Å². The highest BCUT2D eigenvalue weighted by Crippen LogP contribution is 2.23. The van der Waals surface area contributed by atoms with Crippen molar-refractivity contribution >= 4 is 17.6 Å². The third kappa shape index (κ3) is 2.62. The maximum Gasteiger partial charge on any atom is 0.123 e.